The van der Waals surface area contributed by atoms with Crippen LogP contribution >= 0.6 is 0 Å². The third-order valence-electron chi connectivity index (χ3n) is 3.35. The maximum atomic E-state index is 11.5. The van der Waals surface area contributed by atoms with Crippen LogP contribution in [0.5, 0.6) is 0 Å². The van der Waals surface area contributed by atoms with Crippen LogP contribution < -0.4 is 5.73 Å². The van der Waals surface area contributed by atoms with Gasteiger partial charge in [-0.15, -0.1) is 0 Å². The van der Waals surface area contributed by atoms with E-state index < -0.39 is 5.54 Å². The Labute approximate surface area is 99.1 Å². The molecule has 0 aliphatic carbocycles. The molecule has 0 aliphatic heterocycles. The van der Waals surface area contributed by atoms with Crippen LogP contribution in [-0.4, -0.2) is 42.6 Å². The van der Waals surface area contributed by atoms with Crippen LogP contribution in [0.3, 0.4) is 0 Å². The predicted octanol–water partition coefficient (Wildman–Crippen LogP) is 1.39. The summed E-state index contributed by atoms with van der Waals surface area (Å²) in [4.78, 5) is 13.7. The molecule has 3 unspecified atom stereocenters. The minimum atomic E-state index is -0.907. The van der Waals surface area contributed by atoms with Gasteiger partial charge in [0.1, 0.15) is 5.54 Å². The summed E-state index contributed by atoms with van der Waals surface area (Å²) in [5.74, 6) is -0.350. The molecule has 0 aromatic rings. The van der Waals surface area contributed by atoms with Gasteiger partial charge in [-0.05, 0) is 40.7 Å². The number of rotatable bonds is 6. The van der Waals surface area contributed by atoms with Crippen molar-refractivity contribution in [2.45, 2.75) is 58.2 Å². The maximum absolute atomic E-state index is 11.5. The Balaban J connectivity index is 4.43. The van der Waals surface area contributed by atoms with E-state index in [1.165, 1.54) is 7.11 Å². The van der Waals surface area contributed by atoms with Gasteiger partial charge < -0.3 is 15.4 Å². The van der Waals surface area contributed by atoms with E-state index in [2.05, 4.69) is 32.7 Å². The largest absolute Gasteiger partial charge is 0.468 e. The number of carbonyl (C=O) groups is 1. The molecular weight excluding hydrogens is 204 g/mol. The number of carbonyl (C=O) groups excluding carboxylic acids is 1. The molecule has 0 fully saturated rings. The van der Waals surface area contributed by atoms with Gasteiger partial charge in [0.05, 0.1) is 7.11 Å². The molecule has 3 atom stereocenters. The molecule has 0 aromatic heterocycles. The molecule has 0 amide bonds. The average Bonchev–Trinajstić information content (AvgIpc) is 2.24. The molecule has 0 saturated heterocycles. The van der Waals surface area contributed by atoms with Crippen LogP contribution in [0.4, 0.5) is 0 Å². The van der Waals surface area contributed by atoms with E-state index in [4.69, 9.17) is 10.5 Å². The molecule has 0 spiro atoms. The van der Waals surface area contributed by atoms with Gasteiger partial charge in [-0.25, -0.2) is 0 Å². The van der Waals surface area contributed by atoms with Crippen LogP contribution in [0, 0.1) is 0 Å². The minimum absolute atomic E-state index is 0.254. The Morgan fingerprint density at radius 3 is 2.31 bits per heavy atom. The third kappa shape index (κ3) is 4.10. The van der Waals surface area contributed by atoms with Crippen molar-refractivity contribution < 1.29 is 9.53 Å². The summed E-state index contributed by atoms with van der Waals surface area (Å²) in [5.41, 5.74) is 5.04. The summed E-state index contributed by atoms with van der Waals surface area (Å²) in [5, 5.41) is 0. The molecular formula is C12H26N2O2. The molecule has 0 heterocycles. The van der Waals surface area contributed by atoms with E-state index in [0.717, 1.165) is 6.42 Å². The van der Waals surface area contributed by atoms with Gasteiger partial charge in [0.25, 0.3) is 0 Å². The Kier molecular flexibility index (Phi) is 5.97. The van der Waals surface area contributed by atoms with E-state index in [1.54, 1.807) is 6.92 Å². The van der Waals surface area contributed by atoms with E-state index in [-0.39, 0.29) is 12.0 Å². The van der Waals surface area contributed by atoms with Gasteiger partial charge in [-0.1, -0.05) is 6.92 Å². The van der Waals surface area contributed by atoms with Gasteiger partial charge in [0, 0.05) is 12.1 Å². The van der Waals surface area contributed by atoms with Crippen molar-refractivity contribution >= 4 is 5.97 Å². The van der Waals surface area contributed by atoms with Gasteiger partial charge in [0.2, 0.25) is 0 Å². The van der Waals surface area contributed by atoms with Crippen molar-refractivity contribution in [2.24, 2.45) is 5.73 Å². The molecule has 4 heteroatoms. The van der Waals surface area contributed by atoms with Crippen molar-refractivity contribution in [3.63, 3.8) is 0 Å². The first kappa shape index (κ1) is 15.4. The Morgan fingerprint density at radius 2 is 1.94 bits per heavy atom. The highest BCUT2D eigenvalue weighted by Crippen LogP contribution is 2.17. The standard InChI is InChI=1S/C12H26N2O2/c1-7-9(2)14(5)10(3)8-12(4,13)11(15)16-6/h9-10H,7-8,13H2,1-6H3. The molecule has 0 aromatic carbocycles. The molecule has 0 saturated carbocycles. The fourth-order valence-electron chi connectivity index (χ4n) is 1.80. The first-order chi connectivity index (χ1) is 7.26. The van der Waals surface area contributed by atoms with Gasteiger partial charge in [0.15, 0.2) is 0 Å². The highest BCUT2D eigenvalue weighted by molar-refractivity contribution is 5.79. The zero-order valence-corrected chi connectivity index (χ0v) is 11.4. The van der Waals surface area contributed by atoms with Crippen LogP contribution in [-0.2, 0) is 9.53 Å². The topological polar surface area (TPSA) is 55.6 Å². The number of hydrogen-bond donors (Lipinski definition) is 1. The summed E-state index contributed by atoms with van der Waals surface area (Å²) in [6.45, 7) is 8.12. The lowest BCUT2D eigenvalue weighted by atomic mass is 9.93. The van der Waals surface area contributed by atoms with Gasteiger partial charge in [-0.2, -0.15) is 0 Å². The van der Waals surface area contributed by atoms with Crippen molar-refractivity contribution in [3.8, 4) is 0 Å². The second-order valence-corrected chi connectivity index (χ2v) is 4.88. The predicted molar refractivity (Wildman–Crippen MR) is 66.2 cm³/mol. The maximum Gasteiger partial charge on any atom is 0.325 e. The highest BCUT2D eigenvalue weighted by Gasteiger charge is 2.32. The lowest BCUT2D eigenvalue weighted by Gasteiger charge is -2.34. The smallest absolute Gasteiger partial charge is 0.325 e. The fraction of sp³-hybridized carbons (Fsp3) is 0.917. The zero-order chi connectivity index (χ0) is 12.9. The zero-order valence-electron chi connectivity index (χ0n) is 11.4. The molecule has 0 radical (unpaired) electrons. The normalized spacial score (nSPS) is 19.0. The van der Waals surface area contributed by atoms with Crippen LogP contribution in [0.1, 0.15) is 40.5 Å². The molecule has 96 valence electrons. The number of ether oxygens (including phenoxy) is 1. The molecule has 0 rings (SSSR count). The van der Waals surface area contributed by atoms with E-state index in [9.17, 15) is 4.79 Å². The second kappa shape index (κ2) is 6.21. The van der Waals surface area contributed by atoms with Crippen molar-refractivity contribution in [2.75, 3.05) is 14.2 Å². The second-order valence-electron chi connectivity index (χ2n) is 4.88. The van der Waals surface area contributed by atoms with Crippen molar-refractivity contribution in [3.05, 3.63) is 0 Å². The highest BCUT2D eigenvalue weighted by atomic mass is 16.5. The lowest BCUT2D eigenvalue weighted by molar-refractivity contribution is -0.147. The third-order valence-corrected chi connectivity index (χ3v) is 3.35. The molecule has 16 heavy (non-hydrogen) atoms. The lowest BCUT2D eigenvalue weighted by Crippen LogP contribution is -2.51. The molecule has 2 N–H and O–H groups in total. The van der Waals surface area contributed by atoms with Gasteiger partial charge in [-0.3, -0.25) is 4.79 Å². The summed E-state index contributed by atoms with van der Waals surface area (Å²) in [7, 11) is 3.43. The van der Waals surface area contributed by atoms with Crippen molar-refractivity contribution in [1.82, 2.24) is 4.90 Å². The first-order valence-electron chi connectivity index (χ1n) is 5.85. The van der Waals surface area contributed by atoms with Crippen molar-refractivity contribution in [1.29, 1.82) is 0 Å². The molecule has 0 aliphatic rings. The Bertz CT molecular complexity index is 229. The SMILES string of the molecule is CCC(C)N(C)C(C)CC(C)(N)C(=O)OC. The summed E-state index contributed by atoms with van der Waals surface area (Å²) in [6.07, 6.45) is 1.68. The minimum Gasteiger partial charge on any atom is -0.468 e. The van der Waals surface area contributed by atoms with Crippen LogP contribution in [0.2, 0.25) is 0 Å². The summed E-state index contributed by atoms with van der Waals surface area (Å²) >= 11 is 0. The number of hydrogen-bond acceptors (Lipinski definition) is 4. The average molecular weight is 230 g/mol. The molecule has 0 bridgehead atoms. The van der Waals surface area contributed by atoms with Crippen LogP contribution in [0.25, 0.3) is 0 Å². The summed E-state index contributed by atoms with van der Waals surface area (Å²) in [6, 6.07) is 0.743. The van der Waals surface area contributed by atoms with Crippen LogP contribution in [0.15, 0.2) is 0 Å². The van der Waals surface area contributed by atoms with Gasteiger partial charge >= 0.3 is 5.97 Å². The number of methoxy groups -OCH3 is 1. The van der Waals surface area contributed by atoms with E-state index >= 15 is 0 Å². The van der Waals surface area contributed by atoms with E-state index in [1.807, 2.05) is 0 Å². The Morgan fingerprint density at radius 1 is 1.44 bits per heavy atom. The fourth-order valence-corrected chi connectivity index (χ4v) is 1.80. The monoisotopic (exact) mass is 230 g/mol. The number of nitrogens with zero attached hydrogens (tertiary/aromatic N) is 1. The number of nitrogens with two attached hydrogens (primary N) is 1. The number of esters is 1. The first-order valence-corrected chi connectivity index (χ1v) is 5.85. The quantitative estimate of drug-likeness (QED) is 0.701. The van der Waals surface area contributed by atoms with E-state index in [0.29, 0.717) is 12.5 Å². The summed E-state index contributed by atoms with van der Waals surface area (Å²) < 4.78 is 4.70. The molecule has 4 nitrogen and oxygen atoms in total. The Hall–Kier alpha value is -0.610.